The van der Waals surface area contributed by atoms with Gasteiger partial charge in [-0.15, -0.1) is 0 Å². The summed E-state index contributed by atoms with van der Waals surface area (Å²) in [5, 5.41) is 0. The highest BCUT2D eigenvalue weighted by Gasteiger charge is 2.33. The highest BCUT2D eigenvalue weighted by atomic mass is 16.5. The zero-order valence-electron chi connectivity index (χ0n) is 7.54. The summed E-state index contributed by atoms with van der Waals surface area (Å²) in [7, 11) is 0. The Bertz CT molecular complexity index is 244. The largest absolute Gasteiger partial charge is 0.465 e. The molecule has 0 bridgehead atoms. The predicted octanol–water partition coefficient (Wildman–Crippen LogP) is 0.488. The minimum atomic E-state index is -0.832. The van der Waals surface area contributed by atoms with Crippen molar-refractivity contribution < 1.29 is 19.1 Å². The lowest BCUT2D eigenvalue weighted by Gasteiger charge is -2.17. The summed E-state index contributed by atoms with van der Waals surface area (Å²) in [6, 6.07) is 0. The molecule has 4 nitrogen and oxygen atoms in total. The van der Waals surface area contributed by atoms with Crippen molar-refractivity contribution in [2.75, 3.05) is 6.61 Å². The first-order valence-corrected chi connectivity index (χ1v) is 4.36. The van der Waals surface area contributed by atoms with Crippen LogP contribution in [0.4, 0.5) is 0 Å². The normalized spacial score (nSPS) is 23.0. The summed E-state index contributed by atoms with van der Waals surface area (Å²) in [6.07, 6.45) is 0.481. The molecular weight excluding hydrogens is 172 g/mol. The van der Waals surface area contributed by atoms with Gasteiger partial charge in [0.15, 0.2) is 0 Å². The van der Waals surface area contributed by atoms with Crippen LogP contribution in [0.25, 0.3) is 0 Å². The molecule has 0 saturated heterocycles. The maximum Gasteiger partial charge on any atom is 0.316 e. The zero-order chi connectivity index (χ0) is 9.84. The Morgan fingerprint density at radius 3 is 2.77 bits per heavy atom. The predicted molar refractivity (Wildman–Crippen MR) is 44.0 cm³/mol. The van der Waals surface area contributed by atoms with E-state index in [0.29, 0.717) is 0 Å². The van der Waals surface area contributed by atoms with Gasteiger partial charge in [-0.1, -0.05) is 0 Å². The van der Waals surface area contributed by atoms with Crippen molar-refractivity contribution in [3.63, 3.8) is 0 Å². The lowest BCUT2D eigenvalue weighted by atomic mass is 9.87. The van der Waals surface area contributed by atoms with Gasteiger partial charge in [0.05, 0.1) is 6.61 Å². The van der Waals surface area contributed by atoms with E-state index in [1.807, 2.05) is 0 Å². The third-order valence-corrected chi connectivity index (χ3v) is 2.04. The van der Waals surface area contributed by atoms with Gasteiger partial charge >= 0.3 is 5.97 Å². The molecule has 72 valence electrons. The molecule has 0 heterocycles. The maximum absolute atomic E-state index is 11.2. The average Bonchev–Trinajstić information content (AvgIpc) is 2.09. The smallest absolute Gasteiger partial charge is 0.316 e. The fraction of sp³-hybridized carbons (Fsp3) is 0.667. The summed E-state index contributed by atoms with van der Waals surface area (Å²) in [4.78, 5) is 33.3. The Labute approximate surface area is 76.3 Å². The monoisotopic (exact) mass is 184 g/mol. The van der Waals surface area contributed by atoms with Gasteiger partial charge < -0.3 is 4.74 Å². The quantitative estimate of drug-likeness (QED) is 0.463. The van der Waals surface area contributed by atoms with Crippen LogP contribution in [-0.4, -0.2) is 24.1 Å². The first-order valence-electron chi connectivity index (χ1n) is 4.36. The van der Waals surface area contributed by atoms with Crippen LogP contribution in [0.3, 0.4) is 0 Å². The van der Waals surface area contributed by atoms with Crippen LogP contribution in [-0.2, 0) is 19.1 Å². The van der Waals surface area contributed by atoms with Gasteiger partial charge in [0.2, 0.25) is 0 Å². The first kappa shape index (κ1) is 9.89. The fourth-order valence-electron chi connectivity index (χ4n) is 1.34. The SMILES string of the molecule is CCOC(=O)C1CC(=O)CCC1=O. The number of esters is 1. The van der Waals surface area contributed by atoms with Gasteiger partial charge in [0.1, 0.15) is 17.5 Å². The topological polar surface area (TPSA) is 60.4 Å². The molecule has 13 heavy (non-hydrogen) atoms. The van der Waals surface area contributed by atoms with Gasteiger partial charge in [0.25, 0.3) is 0 Å². The van der Waals surface area contributed by atoms with Crippen LogP contribution in [0.1, 0.15) is 26.2 Å². The van der Waals surface area contributed by atoms with Crippen LogP contribution < -0.4 is 0 Å². The van der Waals surface area contributed by atoms with Gasteiger partial charge in [0, 0.05) is 19.3 Å². The van der Waals surface area contributed by atoms with Crippen molar-refractivity contribution >= 4 is 17.5 Å². The molecular formula is C9H12O4. The second kappa shape index (κ2) is 4.16. The minimum Gasteiger partial charge on any atom is -0.465 e. The summed E-state index contributed by atoms with van der Waals surface area (Å²) in [6.45, 7) is 1.92. The highest BCUT2D eigenvalue weighted by Crippen LogP contribution is 2.19. The molecule has 1 unspecified atom stereocenters. The third-order valence-electron chi connectivity index (χ3n) is 2.04. The van der Waals surface area contributed by atoms with E-state index in [1.54, 1.807) is 6.92 Å². The lowest BCUT2D eigenvalue weighted by molar-refractivity contribution is -0.154. The van der Waals surface area contributed by atoms with Crippen LogP contribution in [0.2, 0.25) is 0 Å². The molecule has 0 aromatic heterocycles. The minimum absolute atomic E-state index is 0.0255. The van der Waals surface area contributed by atoms with Crippen LogP contribution in [0.5, 0.6) is 0 Å². The maximum atomic E-state index is 11.2. The third kappa shape index (κ3) is 2.37. The Morgan fingerprint density at radius 1 is 1.46 bits per heavy atom. The van der Waals surface area contributed by atoms with Crippen molar-refractivity contribution in [1.82, 2.24) is 0 Å². The number of rotatable bonds is 2. The van der Waals surface area contributed by atoms with E-state index in [9.17, 15) is 14.4 Å². The number of hydrogen-bond acceptors (Lipinski definition) is 4. The summed E-state index contributed by atoms with van der Waals surface area (Å²) in [5.74, 6) is -1.59. The number of carbonyl (C=O) groups is 3. The summed E-state index contributed by atoms with van der Waals surface area (Å²) in [5.41, 5.74) is 0. The highest BCUT2D eigenvalue weighted by molar-refractivity contribution is 6.06. The molecule has 1 aliphatic rings. The van der Waals surface area contributed by atoms with E-state index in [0.717, 1.165) is 0 Å². The van der Waals surface area contributed by atoms with Crippen molar-refractivity contribution in [2.45, 2.75) is 26.2 Å². The molecule has 4 heteroatoms. The van der Waals surface area contributed by atoms with Gasteiger partial charge in [-0.05, 0) is 6.92 Å². The molecule has 0 aliphatic heterocycles. The molecule has 0 radical (unpaired) electrons. The molecule has 0 spiro atoms. The first-order chi connectivity index (χ1) is 6.15. The van der Waals surface area contributed by atoms with Crippen molar-refractivity contribution in [2.24, 2.45) is 5.92 Å². The second-order valence-corrected chi connectivity index (χ2v) is 3.01. The molecule has 1 atom stereocenters. The van der Waals surface area contributed by atoms with E-state index in [1.165, 1.54) is 0 Å². The second-order valence-electron chi connectivity index (χ2n) is 3.01. The summed E-state index contributed by atoms with van der Waals surface area (Å²) >= 11 is 0. The van der Waals surface area contributed by atoms with Gasteiger partial charge in [-0.3, -0.25) is 14.4 Å². The zero-order valence-corrected chi connectivity index (χ0v) is 7.54. The number of ether oxygens (including phenoxy) is 1. The van der Waals surface area contributed by atoms with E-state index < -0.39 is 11.9 Å². The van der Waals surface area contributed by atoms with Crippen molar-refractivity contribution in [3.05, 3.63) is 0 Å². The van der Waals surface area contributed by atoms with Gasteiger partial charge in [-0.25, -0.2) is 0 Å². The number of carbonyl (C=O) groups excluding carboxylic acids is 3. The molecule has 1 saturated carbocycles. The Hall–Kier alpha value is -1.19. The van der Waals surface area contributed by atoms with E-state index in [-0.39, 0.29) is 37.4 Å². The van der Waals surface area contributed by atoms with Gasteiger partial charge in [-0.2, -0.15) is 0 Å². The summed E-state index contributed by atoms with van der Waals surface area (Å²) < 4.78 is 4.69. The number of ketones is 2. The van der Waals surface area contributed by atoms with E-state index in [2.05, 4.69) is 4.74 Å². The number of Topliss-reactive ketones (excluding diaryl/α,β-unsaturated/α-hetero) is 2. The molecule has 0 aromatic rings. The molecule has 1 aliphatic carbocycles. The Morgan fingerprint density at radius 2 is 2.15 bits per heavy atom. The van der Waals surface area contributed by atoms with Crippen LogP contribution >= 0.6 is 0 Å². The number of hydrogen-bond donors (Lipinski definition) is 0. The van der Waals surface area contributed by atoms with E-state index >= 15 is 0 Å². The molecule has 1 rings (SSSR count). The fourth-order valence-corrected chi connectivity index (χ4v) is 1.34. The van der Waals surface area contributed by atoms with Crippen molar-refractivity contribution in [1.29, 1.82) is 0 Å². The molecule has 0 amide bonds. The molecule has 1 fully saturated rings. The average molecular weight is 184 g/mol. The Balaban J connectivity index is 2.60. The van der Waals surface area contributed by atoms with E-state index in [4.69, 9.17) is 0 Å². The Kier molecular flexibility index (Phi) is 3.17. The van der Waals surface area contributed by atoms with Crippen molar-refractivity contribution in [3.8, 4) is 0 Å². The van der Waals surface area contributed by atoms with Crippen LogP contribution in [0, 0.1) is 5.92 Å². The van der Waals surface area contributed by atoms with Crippen LogP contribution in [0.15, 0.2) is 0 Å². The molecule has 0 aromatic carbocycles. The standard InChI is InChI=1S/C9H12O4/c1-2-13-9(12)7-5-6(10)3-4-8(7)11/h7H,2-5H2,1H3. The lowest BCUT2D eigenvalue weighted by Crippen LogP contribution is -2.32. The molecule has 0 N–H and O–H groups in total.